The molecule has 0 aliphatic carbocycles. The van der Waals surface area contributed by atoms with E-state index in [4.69, 9.17) is 24.3 Å². The fourth-order valence-corrected chi connectivity index (χ4v) is 4.52. The van der Waals surface area contributed by atoms with Crippen LogP contribution in [0.1, 0.15) is 44.0 Å². The van der Waals surface area contributed by atoms with E-state index in [1.807, 2.05) is 87.0 Å². The van der Waals surface area contributed by atoms with Gasteiger partial charge in [-0.2, -0.15) is 5.10 Å². The summed E-state index contributed by atoms with van der Waals surface area (Å²) in [7, 11) is 1.65. The molecule has 1 aliphatic heterocycles. The van der Waals surface area contributed by atoms with Crippen molar-refractivity contribution in [2.45, 2.75) is 46.3 Å². The standard InChI is InChI=1S/C31H34N4O4/c1-21-8-12-25(13-9-21)38-26-16-17-32-29-27(26)28(33-35(29)19-22-10-14-24(37-5)15-11-22)23-7-6-18-34(20-23)30(36)39-31(2,3)4/h7-17H,6,18-20H2,1-5H3. The summed E-state index contributed by atoms with van der Waals surface area (Å²) in [6.45, 7) is 9.17. The van der Waals surface area contributed by atoms with Gasteiger partial charge in [0.1, 0.15) is 28.5 Å². The molecular weight excluding hydrogens is 492 g/mol. The number of methoxy groups -OCH3 is 1. The highest BCUT2D eigenvalue weighted by Crippen LogP contribution is 2.36. The second-order valence-electron chi connectivity index (χ2n) is 10.7. The maximum absolute atomic E-state index is 12.9. The van der Waals surface area contributed by atoms with Crippen molar-refractivity contribution in [1.29, 1.82) is 0 Å². The number of hydrogen-bond acceptors (Lipinski definition) is 6. The molecule has 1 aliphatic rings. The Labute approximate surface area is 228 Å². The number of nitrogens with zero attached hydrogens (tertiary/aromatic N) is 4. The van der Waals surface area contributed by atoms with E-state index in [0.717, 1.165) is 39.3 Å². The predicted octanol–water partition coefficient (Wildman–Crippen LogP) is 6.61. The molecule has 4 aromatic rings. The molecular formula is C31H34N4O4. The number of benzene rings is 2. The van der Waals surface area contributed by atoms with Crippen molar-refractivity contribution in [2.75, 3.05) is 20.2 Å². The van der Waals surface area contributed by atoms with Gasteiger partial charge in [-0.25, -0.2) is 14.5 Å². The molecule has 2 aromatic carbocycles. The van der Waals surface area contributed by atoms with Crippen LogP contribution in [0.15, 0.2) is 66.9 Å². The molecule has 0 fully saturated rings. The first-order valence-electron chi connectivity index (χ1n) is 13.1. The molecule has 3 heterocycles. The molecule has 0 saturated carbocycles. The Bertz CT molecular complexity index is 1500. The number of pyridine rings is 1. The summed E-state index contributed by atoms with van der Waals surface area (Å²) in [4.78, 5) is 19.3. The topological polar surface area (TPSA) is 78.7 Å². The van der Waals surface area contributed by atoms with Gasteiger partial charge >= 0.3 is 6.09 Å². The molecule has 202 valence electrons. The van der Waals surface area contributed by atoms with Crippen LogP contribution in [0.25, 0.3) is 16.6 Å². The van der Waals surface area contributed by atoms with Crippen LogP contribution in [0.4, 0.5) is 4.79 Å². The Kier molecular flexibility index (Phi) is 7.28. The highest BCUT2D eigenvalue weighted by Gasteiger charge is 2.28. The molecule has 0 bridgehead atoms. The third-order valence-corrected chi connectivity index (χ3v) is 6.44. The largest absolute Gasteiger partial charge is 0.497 e. The van der Waals surface area contributed by atoms with Gasteiger partial charge in [-0.05, 0) is 75.6 Å². The van der Waals surface area contributed by atoms with Crippen LogP contribution in [-0.2, 0) is 11.3 Å². The smallest absolute Gasteiger partial charge is 0.410 e. The number of fused-ring (bicyclic) bond motifs is 1. The summed E-state index contributed by atoms with van der Waals surface area (Å²) in [5.74, 6) is 2.19. The van der Waals surface area contributed by atoms with Crippen LogP contribution in [0.5, 0.6) is 17.2 Å². The van der Waals surface area contributed by atoms with Gasteiger partial charge in [0.25, 0.3) is 0 Å². The third kappa shape index (κ3) is 6.06. The van der Waals surface area contributed by atoms with E-state index in [1.54, 1.807) is 18.2 Å². The summed E-state index contributed by atoms with van der Waals surface area (Å²) >= 11 is 0. The normalized spacial score (nSPS) is 13.8. The lowest BCUT2D eigenvalue weighted by molar-refractivity contribution is 0.0273. The van der Waals surface area contributed by atoms with E-state index in [2.05, 4.69) is 6.08 Å². The summed E-state index contributed by atoms with van der Waals surface area (Å²) in [5, 5.41) is 5.84. The second-order valence-corrected chi connectivity index (χ2v) is 10.7. The Hall–Kier alpha value is -4.33. The summed E-state index contributed by atoms with van der Waals surface area (Å²) in [6, 6.07) is 17.7. The second kappa shape index (κ2) is 10.8. The Morgan fingerprint density at radius 3 is 2.41 bits per heavy atom. The maximum atomic E-state index is 12.9. The fourth-order valence-electron chi connectivity index (χ4n) is 4.52. The minimum Gasteiger partial charge on any atom is -0.497 e. The van der Waals surface area contributed by atoms with Crippen molar-refractivity contribution in [1.82, 2.24) is 19.7 Å². The number of aryl methyl sites for hydroxylation is 1. The van der Waals surface area contributed by atoms with E-state index >= 15 is 0 Å². The van der Waals surface area contributed by atoms with E-state index in [1.165, 1.54) is 0 Å². The number of ether oxygens (including phenoxy) is 3. The lowest BCUT2D eigenvalue weighted by atomic mass is 10.0. The number of aromatic nitrogens is 3. The molecule has 0 atom stereocenters. The van der Waals surface area contributed by atoms with Crippen molar-refractivity contribution in [3.63, 3.8) is 0 Å². The van der Waals surface area contributed by atoms with Gasteiger partial charge < -0.3 is 19.1 Å². The molecule has 8 nitrogen and oxygen atoms in total. The van der Waals surface area contributed by atoms with Crippen molar-refractivity contribution >= 4 is 22.7 Å². The van der Waals surface area contributed by atoms with E-state index in [9.17, 15) is 4.79 Å². The SMILES string of the molecule is COc1ccc(Cn2nc(C3=CCCN(C(=O)OC(C)(C)C)C3)c3c(Oc4ccc(C)cc4)ccnc32)cc1. The van der Waals surface area contributed by atoms with Gasteiger partial charge in [0.2, 0.25) is 0 Å². The van der Waals surface area contributed by atoms with E-state index < -0.39 is 5.60 Å². The lowest BCUT2D eigenvalue weighted by Gasteiger charge is -2.30. The minimum absolute atomic E-state index is 0.329. The van der Waals surface area contributed by atoms with Gasteiger partial charge in [0.05, 0.1) is 25.6 Å². The van der Waals surface area contributed by atoms with Gasteiger partial charge in [-0.1, -0.05) is 35.9 Å². The van der Waals surface area contributed by atoms with Crippen LogP contribution in [-0.4, -0.2) is 51.6 Å². The number of hydrogen-bond donors (Lipinski definition) is 0. The van der Waals surface area contributed by atoms with Gasteiger partial charge in [0, 0.05) is 12.7 Å². The zero-order valence-electron chi connectivity index (χ0n) is 23.1. The molecule has 0 unspecified atom stereocenters. The molecule has 1 amide bonds. The maximum Gasteiger partial charge on any atom is 0.410 e. The Morgan fingerprint density at radius 2 is 1.72 bits per heavy atom. The average molecular weight is 527 g/mol. The average Bonchev–Trinajstić information content (AvgIpc) is 3.29. The molecule has 0 spiro atoms. The molecule has 39 heavy (non-hydrogen) atoms. The molecule has 2 aromatic heterocycles. The molecule has 0 N–H and O–H groups in total. The van der Waals surface area contributed by atoms with Crippen LogP contribution in [0.2, 0.25) is 0 Å². The van der Waals surface area contributed by atoms with Crippen molar-refractivity contribution in [2.24, 2.45) is 0 Å². The summed E-state index contributed by atoms with van der Waals surface area (Å²) in [5.41, 5.74) is 4.05. The summed E-state index contributed by atoms with van der Waals surface area (Å²) in [6.07, 6.45) is 4.26. The molecule has 8 heteroatoms. The quantitative estimate of drug-likeness (QED) is 0.281. The van der Waals surface area contributed by atoms with Crippen LogP contribution in [0.3, 0.4) is 0 Å². The number of carbonyl (C=O) groups excluding carboxylic acids is 1. The van der Waals surface area contributed by atoms with Crippen LogP contribution >= 0.6 is 0 Å². The predicted molar refractivity (Wildman–Crippen MR) is 151 cm³/mol. The monoisotopic (exact) mass is 526 g/mol. The third-order valence-electron chi connectivity index (χ3n) is 6.44. The number of carbonyl (C=O) groups is 1. The Balaban J connectivity index is 1.55. The van der Waals surface area contributed by atoms with Gasteiger partial charge in [-0.15, -0.1) is 0 Å². The van der Waals surface area contributed by atoms with Crippen LogP contribution in [0, 0.1) is 6.92 Å². The van der Waals surface area contributed by atoms with Gasteiger partial charge in [0.15, 0.2) is 5.65 Å². The van der Waals surface area contributed by atoms with Crippen molar-refractivity contribution in [3.05, 3.63) is 83.7 Å². The molecule has 5 rings (SSSR count). The first-order chi connectivity index (χ1) is 18.7. The van der Waals surface area contributed by atoms with Gasteiger partial charge in [-0.3, -0.25) is 0 Å². The number of amides is 1. The van der Waals surface area contributed by atoms with Crippen molar-refractivity contribution in [3.8, 4) is 17.2 Å². The van der Waals surface area contributed by atoms with E-state index in [-0.39, 0.29) is 6.09 Å². The first kappa shape index (κ1) is 26.3. The van der Waals surface area contributed by atoms with E-state index in [0.29, 0.717) is 37.5 Å². The molecule has 0 saturated heterocycles. The molecule has 0 radical (unpaired) electrons. The highest BCUT2D eigenvalue weighted by molar-refractivity contribution is 5.94. The minimum atomic E-state index is -0.565. The number of rotatable bonds is 6. The first-order valence-corrected chi connectivity index (χ1v) is 13.1. The zero-order chi connectivity index (χ0) is 27.6. The Morgan fingerprint density at radius 1 is 1.00 bits per heavy atom. The highest BCUT2D eigenvalue weighted by atomic mass is 16.6. The fraction of sp³-hybridized carbons (Fsp3) is 0.323. The van der Waals surface area contributed by atoms with Crippen molar-refractivity contribution < 1.29 is 19.0 Å². The van der Waals surface area contributed by atoms with Crippen LogP contribution < -0.4 is 9.47 Å². The lowest BCUT2D eigenvalue weighted by Crippen LogP contribution is -2.39. The summed E-state index contributed by atoms with van der Waals surface area (Å²) < 4.78 is 19.2. The zero-order valence-corrected chi connectivity index (χ0v) is 23.1.